The molecular formula is C21H28N2O6S. The standard InChI is InChI=1S/C21H28N2O6S/c1-5-14(2)23-30(26,27)16-7-8-18(17(13-16)21(24)25)22-11-10-15-6-9-19(28-3)20(12-15)29-4/h6-9,12-14,22-23H,5,10-11H2,1-4H3,(H,24,25). The van der Waals surface area contributed by atoms with Crippen LogP contribution in [0.1, 0.15) is 36.2 Å². The fourth-order valence-electron chi connectivity index (χ4n) is 2.82. The van der Waals surface area contributed by atoms with Gasteiger partial charge in [0.2, 0.25) is 10.0 Å². The van der Waals surface area contributed by atoms with E-state index in [2.05, 4.69) is 10.0 Å². The van der Waals surface area contributed by atoms with Crippen molar-refractivity contribution in [3.05, 3.63) is 47.5 Å². The highest BCUT2D eigenvalue weighted by Gasteiger charge is 2.20. The quantitative estimate of drug-likeness (QED) is 0.496. The Balaban J connectivity index is 2.15. The molecule has 0 aliphatic heterocycles. The molecule has 0 heterocycles. The Morgan fingerprint density at radius 1 is 1.10 bits per heavy atom. The van der Waals surface area contributed by atoms with E-state index in [1.54, 1.807) is 27.2 Å². The largest absolute Gasteiger partial charge is 0.493 e. The number of anilines is 1. The van der Waals surface area contributed by atoms with Crippen LogP contribution in [0.4, 0.5) is 5.69 Å². The molecular weight excluding hydrogens is 408 g/mol. The Morgan fingerprint density at radius 3 is 2.40 bits per heavy atom. The Bertz CT molecular complexity index is 991. The first kappa shape index (κ1) is 23.5. The molecule has 0 bridgehead atoms. The Kier molecular flexibility index (Phi) is 8.08. The highest BCUT2D eigenvalue weighted by atomic mass is 32.2. The predicted octanol–water partition coefficient (Wildman–Crippen LogP) is 3.13. The number of rotatable bonds is 11. The van der Waals surface area contributed by atoms with Gasteiger partial charge in [0.05, 0.1) is 24.7 Å². The monoisotopic (exact) mass is 436 g/mol. The normalized spacial score (nSPS) is 12.3. The number of methoxy groups -OCH3 is 2. The summed E-state index contributed by atoms with van der Waals surface area (Å²) in [4.78, 5) is 11.6. The molecule has 2 rings (SSSR count). The summed E-state index contributed by atoms with van der Waals surface area (Å²) in [5.41, 5.74) is 1.23. The number of aromatic carboxylic acids is 1. The maximum atomic E-state index is 12.5. The van der Waals surface area contributed by atoms with Crippen molar-refractivity contribution in [1.82, 2.24) is 4.72 Å². The van der Waals surface area contributed by atoms with Crippen molar-refractivity contribution in [2.75, 3.05) is 26.1 Å². The van der Waals surface area contributed by atoms with Crippen LogP contribution in [0, 0.1) is 0 Å². The molecule has 30 heavy (non-hydrogen) atoms. The van der Waals surface area contributed by atoms with Crippen LogP contribution in [-0.2, 0) is 16.4 Å². The van der Waals surface area contributed by atoms with Crippen LogP contribution >= 0.6 is 0 Å². The van der Waals surface area contributed by atoms with Gasteiger partial charge in [-0.15, -0.1) is 0 Å². The van der Waals surface area contributed by atoms with Crippen molar-refractivity contribution in [2.24, 2.45) is 0 Å². The minimum atomic E-state index is -3.79. The third kappa shape index (κ3) is 5.87. The number of ether oxygens (including phenoxy) is 2. The van der Waals surface area contributed by atoms with E-state index in [4.69, 9.17) is 9.47 Å². The molecule has 0 aliphatic carbocycles. The van der Waals surface area contributed by atoms with Gasteiger partial charge in [-0.25, -0.2) is 17.9 Å². The SMILES string of the molecule is CCC(C)NS(=O)(=O)c1ccc(NCCc2ccc(OC)c(OC)c2)c(C(=O)O)c1. The van der Waals surface area contributed by atoms with Crippen molar-refractivity contribution in [2.45, 2.75) is 37.6 Å². The molecule has 0 radical (unpaired) electrons. The van der Waals surface area contributed by atoms with Gasteiger partial charge in [0.1, 0.15) is 0 Å². The Morgan fingerprint density at radius 2 is 1.80 bits per heavy atom. The summed E-state index contributed by atoms with van der Waals surface area (Å²) in [6.45, 7) is 4.06. The molecule has 9 heteroatoms. The van der Waals surface area contributed by atoms with Gasteiger partial charge in [0, 0.05) is 18.3 Å². The third-order valence-corrected chi connectivity index (χ3v) is 6.26. The van der Waals surface area contributed by atoms with Gasteiger partial charge >= 0.3 is 5.97 Å². The van der Waals surface area contributed by atoms with E-state index in [0.29, 0.717) is 36.6 Å². The highest BCUT2D eigenvalue weighted by molar-refractivity contribution is 7.89. The van der Waals surface area contributed by atoms with Crippen LogP contribution in [0.2, 0.25) is 0 Å². The van der Waals surface area contributed by atoms with Gasteiger partial charge in [0.25, 0.3) is 0 Å². The molecule has 3 N–H and O–H groups in total. The molecule has 0 spiro atoms. The lowest BCUT2D eigenvalue weighted by Crippen LogP contribution is -2.32. The number of hydrogen-bond acceptors (Lipinski definition) is 6. The summed E-state index contributed by atoms with van der Waals surface area (Å²) in [5.74, 6) is 0.0407. The minimum absolute atomic E-state index is 0.0781. The lowest BCUT2D eigenvalue weighted by molar-refractivity contribution is 0.0697. The first-order chi connectivity index (χ1) is 14.2. The lowest BCUT2D eigenvalue weighted by atomic mass is 10.1. The summed E-state index contributed by atoms with van der Waals surface area (Å²) in [7, 11) is -0.665. The van der Waals surface area contributed by atoms with Crippen LogP contribution in [-0.4, -0.2) is 46.3 Å². The van der Waals surface area contributed by atoms with Crippen molar-refractivity contribution in [3.63, 3.8) is 0 Å². The van der Waals surface area contributed by atoms with E-state index < -0.39 is 16.0 Å². The summed E-state index contributed by atoms with van der Waals surface area (Å²) in [5, 5.41) is 12.6. The number of nitrogens with one attached hydrogen (secondary N) is 2. The number of benzene rings is 2. The summed E-state index contributed by atoms with van der Waals surface area (Å²) in [6.07, 6.45) is 1.23. The molecule has 164 valence electrons. The number of carbonyl (C=O) groups is 1. The zero-order chi connectivity index (χ0) is 22.3. The average molecular weight is 437 g/mol. The van der Waals surface area contributed by atoms with E-state index in [0.717, 1.165) is 5.56 Å². The molecule has 0 aromatic heterocycles. The lowest BCUT2D eigenvalue weighted by Gasteiger charge is -2.15. The number of sulfonamides is 1. The zero-order valence-corrected chi connectivity index (χ0v) is 18.4. The average Bonchev–Trinajstić information content (AvgIpc) is 2.73. The van der Waals surface area contributed by atoms with Gasteiger partial charge in [-0.3, -0.25) is 0 Å². The second-order valence-electron chi connectivity index (χ2n) is 6.81. The zero-order valence-electron chi connectivity index (χ0n) is 17.6. The molecule has 0 saturated carbocycles. The van der Waals surface area contributed by atoms with E-state index in [-0.39, 0.29) is 16.5 Å². The maximum Gasteiger partial charge on any atom is 0.337 e. The molecule has 8 nitrogen and oxygen atoms in total. The minimum Gasteiger partial charge on any atom is -0.493 e. The molecule has 0 fully saturated rings. The van der Waals surface area contributed by atoms with Crippen molar-refractivity contribution in [1.29, 1.82) is 0 Å². The molecule has 0 aliphatic rings. The van der Waals surface area contributed by atoms with Gasteiger partial charge < -0.3 is 19.9 Å². The van der Waals surface area contributed by atoms with Gasteiger partial charge in [0.15, 0.2) is 11.5 Å². The smallest absolute Gasteiger partial charge is 0.337 e. The number of carboxylic acids is 1. The molecule has 0 amide bonds. The Labute approximate surface area is 177 Å². The van der Waals surface area contributed by atoms with Crippen molar-refractivity contribution < 1.29 is 27.8 Å². The van der Waals surface area contributed by atoms with E-state index in [1.807, 2.05) is 19.1 Å². The molecule has 1 atom stereocenters. The van der Waals surface area contributed by atoms with Crippen molar-refractivity contribution >= 4 is 21.7 Å². The second kappa shape index (κ2) is 10.3. The van der Waals surface area contributed by atoms with Crippen molar-refractivity contribution in [3.8, 4) is 11.5 Å². The van der Waals surface area contributed by atoms with Crippen LogP contribution in [0.25, 0.3) is 0 Å². The molecule has 0 saturated heterocycles. The van der Waals surface area contributed by atoms with Gasteiger partial charge in [-0.2, -0.15) is 0 Å². The summed E-state index contributed by atoms with van der Waals surface area (Å²) < 4.78 is 37.9. The molecule has 2 aromatic carbocycles. The second-order valence-corrected chi connectivity index (χ2v) is 8.52. The van der Waals surface area contributed by atoms with Gasteiger partial charge in [-0.1, -0.05) is 13.0 Å². The fraction of sp³-hybridized carbons (Fsp3) is 0.381. The highest BCUT2D eigenvalue weighted by Crippen LogP contribution is 2.28. The van der Waals surface area contributed by atoms with E-state index in [9.17, 15) is 18.3 Å². The van der Waals surface area contributed by atoms with Crippen LogP contribution in [0.5, 0.6) is 11.5 Å². The summed E-state index contributed by atoms with van der Waals surface area (Å²) in [6, 6.07) is 9.36. The fourth-order valence-corrected chi connectivity index (χ4v) is 4.17. The third-order valence-electron chi connectivity index (χ3n) is 4.68. The van der Waals surface area contributed by atoms with Crippen LogP contribution < -0.4 is 19.5 Å². The van der Waals surface area contributed by atoms with Gasteiger partial charge in [-0.05, 0) is 55.7 Å². The molecule has 1 unspecified atom stereocenters. The number of hydrogen-bond donors (Lipinski definition) is 3. The predicted molar refractivity (Wildman–Crippen MR) is 115 cm³/mol. The van der Waals surface area contributed by atoms with E-state index in [1.165, 1.54) is 18.2 Å². The first-order valence-electron chi connectivity index (χ1n) is 9.56. The van der Waals surface area contributed by atoms with Crippen LogP contribution in [0.15, 0.2) is 41.3 Å². The molecule has 2 aromatic rings. The topological polar surface area (TPSA) is 114 Å². The van der Waals surface area contributed by atoms with Crippen LogP contribution in [0.3, 0.4) is 0 Å². The maximum absolute atomic E-state index is 12.5. The first-order valence-corrected chi connectivity index (χ1v) is 11.0. The van der Waals surface area contributed by atoms with E-state index >= 15 is 0 Å². The number of carboxylic acid groups (broad SMARTS) is 1. The Hall–Kier alpha value is -2.78. The summed E-state index contributed by atoms with van der Waals surface area (Å²) >= 11 is 0.